The molecule has 1 amide bonds. The molecule has 2 aromatic rings. The number of carbonyl (C=O) groups excluding carboxylic acids is 1. The van der Waals surface area contributed by atoms with Gasteiger partial charge in [-0.1, -0.05) is 34.1 Å². The van der Waals surface area contributed by atoms with Crippen LogP contribution in [0.3, 0.4) is 0 Å². The van der Waals surface area contributed by atoms with Crippen molar-refractivity contribution in [3.63, 3.8) is 0 Å². The maximum atomic E-state index is 12.5. The van der Waals surface area contributed by atoms with Gasteiger partial charge in [0.25, 0.3) is 0 Å². The number of nitrogens with one attached hydrogen (secondary N) is 1. The Hall–Kier alpha value is -1.66. The Bertz CT molecular complexity index is 677. The molecule has 0 radical (unpaired) electrons. The molecule has 2 atom stereocenters. The number of hydrogen-bond donors (Lipinski definition) is 2. The van der Waals surface area contributed by atoms with Crippen LogP contribution in [0.15, 0.2) is 57.9 Å². The van der Waals surface area contributed by atoms with Crippen molar-refractivity contribution in [2.75, 3.05) is 11.1 Å². The van der Waals surface area contributed by atoms with E-state index in [1.165, 1.54) is 0 Å². The summed E-state index contributed by atoms with van der Waals surface area (Å²) in [6.45, 7) is 1.62. The van der Waals surface area contributed by atoms with Gasteiger partial charge < -0.3 is 11.1 Å². The second-order valence-electron chi connectivity index (χ2n) is 4.48. The Kier molecular flexibility index (Phi) is 5.14. The monoisotopic (exact) mass is 366 g/mol. The molecule has 0 aliphatic carbocycles. The fourth-order valence-electron chi connectivity index (χ4n) is 1.76. The molecule has 2 unspecified atom stereocenters. The minimum atomic E-state index is -1.51. The number of hydrogen-bond acceptors (Lipinski definition) is 3. The number of nitrogen functional groups attached to an aromatic ring is 1. The van der Waals surface area contributed by atoms with Crippen LogP contribution in [0.1, 0.15) is 6.92 Å². The number of amides is 1. The molecule has 2 aromatic carbocycles. The van der Waals surface area contributed by atoms with Crippen LogP contribution in [-0.4, -0.2) is 15.4 Å². The summed E-state index contributed by atoms with van der Waals surface area (Å²) in [5, 5.41) is 2.04. The lowest BCUT2D eigenvalue weighted by Gasteiger charge is -2.13. The van der Waals surface area contributed by atoms with Crippen molar-refractivity contribution < 1.29 is 9.00 Å². The van der Waals surface area contributed by atoms with Crippen molar-refractivity contribution in [1.29, 1.82) is 0 Å². The van der Waals surface area contributed by atoms with E-state index in [2.05, 4.69) is 21.2 Å². The number of carbonyl (C=O) groups is 1. The van der Waals surface area contributed by atoms with Gasteiger partial charge in [0.05, 0.1) is 15.7 Å². The number of benzene rings is 2. The molecule has 0 aliphatic heterocycles. The highest BCUT2D eigenvalue weighted by Gasteiger charge is 2.23. The maximum absolute atomic E-state index is 12.5. The highest BCUT2D eigenvalue weighted by atomic mass is 79.9. The standard InChI is InChI=1S/C15H15BrN2O2S/c1-10(15(19)18-12-5-3-2-4-6-12)21(20)14-8-7-11(16)9-13(14)17/h2-10H,17H2,1H3,(H,18,19). The zero-order valence-corrected chi connectivity index (χ0v) is 13.8. The Labute approximate surface area is 134 Å². The van der Waals surface area contributed by atoms with Gasteiger partial charge in [0, 0.05) is 15.8 Å². The first kappa shape index (κ1) is 15.7. The molecular formula is C15H15BrN2O2S. The molecule has 0 saturated carbocycles. The highest BCUT2D eigenvalue weighted by molar-refractivity contribution is 9.10. The quantitative estimate of drug-likeness (QED) is 0.816. The van der Waals surface area contributed by atoms with Gasteiger partial charge in [-0.05, 0) is 37.3 Å². The molecule has 0 heterocycles. The third-order valence-corrected chi connectivity index (χ3v) is 5.08. The Morgan fingerprint density at radius 2 is 1.90 bits per heavy atom. The van der Waals surface area contributed by atoms with Crippen molar-refractivity contribution in [2.24, 2.45) is 0 Å². The number of para-hydroxylation sites is 1. The van der Waals surface area contributed by atoms with Gasteiger partial charge in [-0.25, -0.2) is 0 Å². The smallest absolute Gasteiger partial charge is 0.240 e. The zero-order valence-electron chi connectivity index (χ0n) is 11.4. The lowest BCUT2D eigenvalue weighted by atomic mass is 10.3. The van der Waals surface area contributed by atoms with Crippen LogP contribution in [0, 0.1) is 0 Å². The van der Waals surface area contributed by atoms with Gasteiger partial charge >= 0.3 is 0 Å². The minimum Gasteiger partial charge on any atom is -0.398 e. The molecule has 0 saturated heterocycles. The fourth-order valence-corrected chi connectivity index (χ4v) is 3.26. The Balaban J connectivity index is 2.13. The molecule has 0 aromatic heterocycles. The summed E-state index contributed by atoms with van der Waals surface area (Å²) in [6.07, 6.45) is 0. The van der Waals surface area contributed by atoms with Crippen LogP contribution in [0.5, 0.6) is 0 Å². The molecule has 0 spiro atoms. The predicted molar refractivity (Wildman–Crippen MR) is 89.5 cm³/mol. The average molecular weight is 367 g/mol. The SMILES string of the molecule is CC(C(=O)Nc1ccccc1)S(=O)c1ccc(Br)cc1N. The van der Waals surface area contributed by atoms with Crippen LogP contribution in [0.25, 0.3) is 0 Å². The van der Waals surface area contributed by atoms with Gasteiger partial charge in [0.2, 0.25) is 5.91 Å². The Morgan fingerprint density at radius 3 is 2.52 bits per heavy atom. The first-order valence-corrected chi connectivity index (χ1v) is 8.31. The summed E-state index contributed by atoms with van der Waals surface area (Å²) < 4.78 is 13.3. The van der Waals surface area contributed by atoms with Crippen molar-refractivity contribution >= 4 is 44.0 Å². The fraction of sp³-hybridized carbons (Fsp3) is 0.133. The topological polar surface area (TPSA) is 72.2 Å². The third-order valence-electron chi connectivity index (χ3n) is 2.92. The van der Waals surface area contributed by atoms with Crippen molar-refractivity contribution in [1.82, 2.24) is 0 Å². The van der Waals surface area contributed by atoms with Crippen molar-refractivity contribution in [2.45, 2.75) is 17.1 Å². The lowest BCUT2D eigenvalue weighted by molar-refractivity contribution is -0.115. The lowest BCUT2D eigenvalue weighted by Crippen LogP contribution is -2.29. The molecule has 21 heavy (non-hydrogen) atoms. The minimum absolute atomic E-state index is 0.304. The summed E-state index contributed by atoms with van der Waals surface area (Å²) in [6, 6.07) is 14.2. The number of halogens is 1. The number of anilines is 2. The molecular weight excluding hydrogens is 352 g/mol. The van der Waals surface area contributed by atoms with Gasteiger partial charge in [-0.2, -0.15) is 0 Å². The third kappa shape index (κ3) is 3.92. The highest BCUT2D eigenvalue weighted by Crippen LogP contribution is 2.24. The summed E-state index contributed by atoms with van der Waals surface area (Å²) in [7, 11) is -1.51. The van der Waals surface area contributed by atoms with E-state index >= 15 is 0 Å². The van der Waals surface area contributed by atoms with E-state index in [1.54, 1.807) is 37.3 Å². The summed E-state index contributed by atoms with van der Waals surface area (Å²) in [4.78, 5) is 12.6. The normalized spacial score (nSPS) is 13.4. The molecule has 4 nitrogen and oxygen atoms in total. The van der Waals surface area contributed by atoms with E-state index in [9.17, 15) is 9.00 Å². The summed E-state index contributed by atoms with van der Waals surface area (Å²) >= 11 is 3.30. The van der Waals surface area contributed by atoms with E-state index in [-0.39, 0.29) is 5.91 Å². The van der Waals surface area contributed by atoms with E-state index in [4.69, 9.17) is 5.73 Å². The molecule has 110 valence electrons. The summed E-state index contributed by atoms with van der Waals surface area (Å²) in [5.74, 6) is -0.304. The van der Waals surface area contributed by atoms with Crippen molar-refractivity contribution in [3.8, 4) is 0 Å². The van der Waals surface area contributed by atoms with Crippen LogP contribution in [0.4, 0.5) is 11.4 Å². The van der Waals surface area contributed by atoms with Gasteiger partial charge in [0.1, 0.15) is 5.25 Å². The number of nitrogens with two attached hydrogens (primary N) is 1. The van der Waals surface area contributed by atoms with Gasteiger partial charge in [-0.15, -0.1) is 0 Å². The number of rotatable bonds is 4. The largest absolute Gasteiger partial charge is 0.398 e. The molecule has 0 bridgehead atoms. The van der Waals surface area contributed by atoms with Crippen LogP contribution in [-0.2, 0) is 15.6 Å². The maximum Gasteiger partial charge on any atom is 0.240 e. The second kappa shape index (κ2) is 6.87. The van der Waals surface area contributed by atoms with E-state index in [0.29, 0.717) is 16.3 Å². The molecule has 2 rings (SSSR count). The van der Waals surface area contributed by atoms with Crippen molar-refractivity contribution in [3.05, 3.63) is 53.0 Å². The van der Waals surface area contributed by atoms with E-state index in [0.717, 1.165) is 4.47 Å². The Morgan fingerprint density at radius 1 is 1.24 bits per heavy atom. The molecule has 0 aliphatic rings. The van der Waals surface area contributed by atoms with Crippen LogP contribution < -0.4 is 11.1 Å². The van der Waals surface area contributed by atoms with Gasteiger partial charge in [-0.3, -0.25) is 9.00 Å². The predicted octanol–water partition coefficient (Wildman–Crippen LogP) is 3.17. The van der Waals surface area contributed by atoms with Crippen LogP contribution >= 0.6 is 15.9 Å². The summed E-state index contributed by atoms with van der Waals surface area (Å²) in [5.41, 5.74) is 6.94. The molecule has 0 fully saturated rings. The van der Waals surface area contributed by atoms with E-state index in [1.807, 2.05) is 18.2 Å². The zero-order chi connectivity index (χ0) is 15.4. The first-order chi connectivity index (χ1) is 9.99. The van der Waals surface area contributed by atoms with Gasteiger partial charge in [0.15, 0.2) is 0 Å². The molecule has 6 heteroatoms. The first-order valence-electron chi connectivity index (χ1n) is 6.30. The second-order valence-corrected chi connectivity index (χ2v) is 7.13. The van der Waals surface area contributed by atoms with E-state index < -0.39 is 16.0 Å². The van der Waals surface area contributed by atoms with Crippen LogP contribution in [0.2, 0.25) is 0 Å². The average Bonchev–Trinajstić information content (AvgIpc) is 2.47. The molecule has 3 N–H and O–H groups in total.